The maximum Gasteiger partial charge on any atom is 0.186 e. The van der Waals surface area contributed by atoms with Crippen LogP contribution < -0.4 is 5.32 Å². The first kappa shape index (κ1) is 34.4. The van der Waals surface area contributed by atoms with Gasteiger partial charge in [-0.05, 0) is 61.1 Å². The van der Waals surface area contributed by atoms with Gasteiger partial charge in [-0.25, -0.2) is 9.37 Å². The molecular weight excluding hydrogens is 638 g/mol. The number of carbonyl (C=O) groups is 3. The molecule has 3 atom stereocenters. The largest absolute Gasteiger partial charge is 0.313 e. The third kappa shape index (κ3) is 9.81. The number of likely N-dealkylation sites (tertiary alicyclic amines) is 1. The molecule has 3 heterocycles. The summed E-state index contributed by atoms with van der Waals surface area (Å²) in [5, 5.41) is 6.85. The summed E-state index contributed by atoms with van der Waals surface area (Å²) in [6.45, 7) is 6.29. The third-order valence-corrected chi connectivity index (χ3v) is 11.2. The molecule has 46 heavy (non-hydrogen) atoms. The molecule has 3 unspecified atom stereocenters. The molecule has 6 nitrogen and oxygen atoms in total. The van der Waals surface area contributed by atoms with Crippen LogP contribution >= 0.6 is 34.9 Å². The van der Waals surface area contributed by atoms with E-state index in [1.807, 2.05) is 29.7 Å². The van der Waals surface area contributed by atoms with E-state index in [1.54, 1.807) is 49.6 Å². The topological polar surface area (TPSA) is 79.4 Å². The van der Waals surface area contributed by atoms with Crippen LogP contribution in [-0.4, -0.2) is 62.6 Å². The van der Waals surface area contributed by atoms with Crippen LogP contribution in [-0.2, 0) is 14.4 Å². The zero-order valence-electron chi connectivity index (χ0n) is 26.2. The Hall–Kier alpha value is -2.89. The van der Waals surface area contributed by atoms with Crippen molar-refractivity contribution < 1.29 is 18.8 Å². The molecule has 1 aromatic heterocycles. The van der Waals surface area contributed by atoms with E-state index in [1.165, 1.54) is 40.7 Å². The van der Waals surface area contributed by atoms with Crippen LogP contribution in [0, 0.1) is 11.7 Å². The van der Waals surface area contributed by atoms with Gasteiger partial charge in [-0.2, -0.15) is 0 Å². The van der Waals surface area contributed by atoms with Crippen molar-refractivity contribution >= 4 is 63.0 Å². The number of carbonyl (C=O) groups excluding carboxylic acids is 3. The molecule has 2 aromatic carbocycles. The fourth-order valence-corrected chi connectivity index (χ4v) is 8.33. The highest BCUT2D eigenvalue weighted by molar-refractivity contribution is 8.14. The maximum absolute atomic E-state index is 14.6. The number of piperidine rings is 2. The quantitative estimate of drug-likeness (QED) is 0.264. The van der Waals surface area contributed by atoms with Gasteiger partial charge >= 0.3 is 0 Å². The fraction of sp³-hybridized carbons (Fsp3) is 0.389. The number of aromatic nitrogens is 1. The number of nitrogens with zero attached hydrogens (tertiary/aromatic N) is 2. The summed E-state index contributed by atoms with van der Waals surface area (Å²) in [7, 11) is 0. The van der Waals surface area contributed by atoms with Gasteiger partial charge in [0.2, 0.25) is 0 Å². The molecule has 0 bridgehead atoms. The zero-order chi connectivity index (χ0) is 32.5. The number of hydrogen-bond acceptors (Lipinski definition) is 9. The van der Waals surface area contributed by atoms with E-state index in [0.29, 0.717) is 23.9 Å². The van der Waals surface area contributed by atoms with Gasteiger partial charge in [0.25, 0.3) is 0 Å². The van der Waals surface area contributed by atoms with Crippen LogP contribution in [0.4, 0.5) is 4.39 Å². The number of ketones is 1. The summed E-state index contributed by atoms with van der Waals surface area (Å²) in [6.07, 6.45) is 9.53. The lowest BCUT2D eigenvalue weighted by Gasteiger charge is -2.38. The lowest BCUT2D eigenvalue weighted by atomic mass is 9.93. The molecule has 0 radical (unpaired) electrons. The fourth-order valence-electron chi connectivity index (χ4n) is 5.87. The van der Waals surface area contributed by atoms with Crippen molar-refractivity contribution in [1.82, 2.24) is 15.2 Å². The number of thioether (sulfide) groups is 2. The van der Waals surface area contributed by atoms with Gasteiger partial charge < -0.3 is 5.32 Å². The van der Waals surface area contributed by atoms with Crippen molar-refractivity contribution in [3.63, 3.8) is 0 Å². The molecule has 0 spiro atoms. The molecule has 3 aromatic rings. The molecule has 10 heteroatoms. The molecular formula is C36H40FN3O3S3. The van der Waals surface area contributed by atoms with Crippen molar-refractivity contribution in [3.05, 3.63) is 99.3 Å². The Balaban J connectivity index is 0.000000209. The predicted octanol–water partition coefficient (Wildman–Crippen LogP) is 7.45. The van der Waals surface area contributed by atoms with Gasteiger partial charge in [-0.15, -0.1) is 11.3 Å². The van der Waals surface area contributed by atoms with Gasteiger partial charge in [-0.1, -0.05) is 78.1 Å². The van der Waals surface area contributed by atoms with Gasteiger partial charge in [0.05, 0.1) is 6.04 Å². The number of benzene rings is 2. The van der Waals surface area contributed by atoms with Crippen molar-refractivity contribution in [1.29, 1.82) is 0 Å². The monoisotopic (exact) mass is 677 g/mol. The minimum Gasteiger partial charge on any atom is -0.313 e. The van der Waals surface area contributed by atoms with E-state index in [9.17, 15) is 18.8 Å². The molecule has 3 aliphatic rings. The van der Waals surface area contributed by atoms with Crippen molar-refractivity contribution in [2.45, 2.75) is 56.1 Å². The summed E-state index contributed by atoms with van der Waals surface area (Å²) in [4.78, 5) is 42.5. The van der Waals surface area contributed by atoms with Crippen LogP contribution in [0.25, 0.3) is 12.2 Å². The smallest absolute Gasteiger partial charge is 0.186 e. The first-order chi connectivity index (χ1) is 22.3. The number of rotatable bonds is 8. The average molecular weight is 678 g/mol. The van der Waals surface area contributed by atoms with E-state index in [4.69, 9.17) is 0 Å². The van der Waals surface area contributed by atoms with E-state index >= 15 is 0 Å². The Morgan fingerprint density at radius 2 is 1.63 bits per heavy atom. The molecule has 1 N–H and O–H groups in total. The lowest BCUT2D eigenvalue weighted by Crippen LogP contribution is -2.43. The van der Waals surface area contributed by atoms with Crippen molar-refractivity contribution in [2.24, 2.45) is 5.92 Å². The van der Waals surface area contributed by atoms with Gasteiger partial charge in [0.15, 0.2) is 16.0 Å². The Labute approximate surface area is 283 Å². The van der Waals surface area contributed by atoms with E-state index in [-0.39, 0.29) is 33.0 Å². The van der Waals surface area contributed by atoms with Gasteiger partial charge in [0, 0.05) is 67.0 Å². The first-order valence-electron chi connectivity index (χ1n) is 15.7. The Bertz CT molecular complexity index is 1560. The third-order valence-electron chi connectivity index (χ3n) is 8.15. The minimum absolute atomic E-state index is 0.0373. The van der Waals surface area contributed by atoms with Gasteiger partial charge in [-0.3, -0.25) is 19.3 Å². The second-order valence-corrected chi connectivity index (χ2v) is 15.4. The lowest BCUT2D eigenvalue weighted by molar-refractivity contribution is -0.126. The Kier molecular flexibility index (Phi) is 12.6. The van der Waals surface area contributed by atoms with E-state index < -0.39 is 6.04 Å². The highest BCUT2D eigenvalue weighted by atomic mass is 32.2. The summed E-state index contributed by atoms with van der Waals surface area (Å²) < 4.78 is 14.6. The Morgan fingerprint density at radius 1 is 0.935 bits per heavy atom. The number of halogens is 1. The van der Waals surface area contributed by atoms with E-state index in [2.05, 4.69) is 33.4 Å². The average Bonchev–Trinajstić information content (AvgIpc) is 3.77. The molecule has 6 rings (SSSR count). The molecule has 1 aliphatic carbocycles. The number of hydrogen-bond donors (Lipinski definition) is 1. The summed E-state index contributed by atoms with van der Waals surface area (Å²) in [5.74, 6) is -0.186. The van der Waals surface area contributed by atoms with Crippen LogP contribution in [0.5, 0.6) is 0 Å². The maximum atomic E-state index is 14.6. The molecule has 2 saturated heterocycles. The van der Waals surface area contributed by atoms with Crippen LogP contribution in [0.15, 0.2) is 77.3 Å². The van der Waals surface area contributed by atoms with Crippen LogP contribution in [0.2, 0.25) is 0 Å². The van der Waals surface area contributed by atoms with Crippen molar-refractivity contribution in [3.8, 4) is 0 Å². The van der Waals surface area contributed by atoms with Crippen LogP contribution in [0.1, 0.15) is 61.7 Å². The van der Waals surface area contributed by atoms with Crippen LogP contribution in [0.3, 0.4) is 0 Å². The molecule has 1 saturated carbocycles. The zero-order valence-corrected chi connectivity index (χ0v) is 28.6. The highest BCUT2D eigenvalue weighted by Crippen LogP contribution is 2.40. The summed E-state index contributed by atoms with van der Waals surface area (Å²) >= 11 is 4.32. The first-order valence-corrected chi connectivity index (χ1v) is 18.3. The number of nitrogens with one attached hydrogen (secondary N) is 1. The number of Topliss-reactive ketones (excluding diaryl/α,β-unsaturated/α-hetero) is 1. The minimum atomic E-state index is -0.577. The molecule has 242 valence electrons. The normalized spacial score (nSPS) is 22.6. The highest BCUT2D eigenvalue weighted by Gasteiger charge is 2.41. The number of thiazole rings is 1. The molecule has 2 aliphatic heterocycles. The Morgan fingerprint density at radius 3 is 2.28 bits per heavy atom. The SMILES string of the molecule is CC(=O)SC1CCN(C(C(=O)C2CC2)c2ccccc2F)C/C1=C\c1nccs1.CC(=O)SC1CCNC/C1=C\c1ccccc1. The standard InChI is InChI=1S/C22H23FN2O2S2.C14H17NOS/c1-14(26)29-19-8-10-25(13-16(19)12-20-24-9-11-28-20)21(22(27)15-6-7-15)17-4-2-3-5-18(17)23;1-11(16)17-14-7-8-15-10-13(14)9-12-5-3-2-4-6-12/h2-5,9,11-12,15,19,21H,6-8,10,13H2,1H3;2-6,9,14-15H,7-8,10H2,1H3/b16-12+;13-9+. The second-order valence-electron chi connectivity index (χ2n) is 11.7. The van der Waals surface area contributed by atoms with Crippen molar-refractivity contribution in [2.75, 3.05) is 26.2 Å². The summed E-state index contributed by atoms with van der Waals surface area (Å²) in [6, 6.07) is 16.3. The molecule has 3 fully saturated rings. The van der Waals surface area contributed by atoms with Gasteiger partial charge in [0.1, 0.15) is 10.8 Å². The predicted molar refractivity (Wildman–Crippen MR) is 189 cm³/mol. The molecule has 0 amide bonds. The summed E-state index contributed by atoms with van der Waals surface area (Å²) in [5.41, 5.74) is 4.05. The van der Waals surface area contributed by atoms with E-state index in [0.717, 1.165) is 49.4 Å². The second kappa shape index (κ2) is 16.8.